The van der Waals surface area contributed by atoms with Gasteiger partial charge >= 0.3 is 6.36 Å². The van der Waals surface area contributed by atoms with Crippen molar-refractivity contribution in [3.63, 3.8) is 0 Å². The maximum Gasteiger partial charge on any atom is 0.573 e. The molecule has 0 unspecified atom stereocenters. The lowest BCUT2D eigenvalue weighted by Crippen LogP contribution is -2.17. The molecule has 0 aliphatic heterocycles. The Balaban J connectivity index is 1.91. The second kappa shape index (κ2) is 5.75. The third kappa shape index (κ3) is 3.68. The van der Waals surface area contributed by atoms with Crippen molar-refractivity contribution in [1.29, 1.82) is 0 Å². The molecule has 1 aromatic carbocycles. The van der Waals surface area contributed by atoms with Crippen LogP contribution in [-0.4, -0.2) is 16.3 Å². The van der Waals surface area contributed by atoms with Crippen LogP contribution in [0.1, 0.15) is 11.1 Å². The van der Waals surface area contributed by atoms with E-state index in [0.29, 0.717) is 16.6 Å². The molecule has 23 heavy (non-hydrogen) atoms. The molecular weight excluding hydrogens is 309 g/mol. The van der Waals surface area contributed by atoms with Gasteiger partial charge in [-0.15, -0.1) is 13.2 Å². The van der Waals surface area contributed by atoms with E-state index in [2.05, 4.69) is 14.7 Å². The number of pyridine rings is 2. The van der Waals surface area contributed by atoms with Crippen molar-refractivity contribution >= 4 is 10.9 Å². The predicted octanol–water partition coefficient (Wildman–Crippen LogP) is 3.41. The Morgan fingerprint density at radius 2 is 2.00 bits per heavy atom. The number of benzene rings is 1. The maximum atomic E-state index is 12.3. The topological polar surface area (TPSA) is 55.0 Å². The van der Waals surface area contributed by atoms with Crippen molar-refractivity contribution in [2.45, 2.75) is 12.8 Å². The number of H-pyrrole nitrogens is 1. The highest BCUT2D eigenvalue weighted by molar-refractivity contribution is 5.77. The Kier molecular flexibility index (Phi) is 3.77. The van der Waals surface area contributed by atoms with Gasteiger partial charge in [0, 0.05) is 23.6 Å². The molecule has 0 aliphatic rings. The lowest BCUT2D eigenvalue weighted by molar-refractivity contribution is -0.274. The number of aromatic amines is 1. The third-order valence-corrected chi connectivity index (χ3v) is 3.25. The minimum Gasteiger partial charge on any atom is -0.406 e. The van der Waals surface area contributed by atoms with Crippen LogP contribution in [0, 0.1) is 0 Å². The Morgan fingerprint density at radius 3 is 2.78 bits per heavy atom. The summed E-state index contributed by atoms with van der Waals surface area (Å²) >= 11 is 0. The number of hydrogen-bond donors (Lipinski definition) is 1. The summed E-state index contributed by atoms with van der Waals surface area (Å²) in [6.07, 6.45) is -1.41. The Morgan fingerprint density at radius 1 is 1.17 bits per heavy atom. The molecule has 2 heterocycles. The number of ether oxygens (including phenoxy) is 1. The fourth-order valence-corrected chi connectivity index (χ4v) is 2.30. The molecule has 0 fully saturated rings. The van der Waals surface area contributed by atoms with Crippen molar-refractivity contribution in [1.82, 2.24) is 9.97 Å². The standard InChI is InChI=1S/C16H11F3N2O2/c17-16(18,19)23-13-3-1-2-10(7-13)6-12-8-11-4-5-20-9-14(11)21-15(12)22/h1-5,7-9H,6H2,(H,21,22). The number of aromatic nitrogens is 2. The van der Waals surface area contributed by atoms with Crippen LogP contribution in [-0.2, 0) is 6.42 Å². The van der Waals surface area contributed by atoms with Crippen LogP contribution in [0.4, 0.5) is 13.2 Å². The molecule has 118 valence electrons. The van der Waals surface area contributed by atoms with Crippen molar-refractivity contribution < 1.29 is 17.9 Å². The first kappa shape index (κ1) is 15.1. The van der Waals surface area contributed by atoms with Crippen LogP contribution in [0.25, 0.3) is 10.9 Å². The summed E-state index contributed by atoms with van der Waals surface area (Å²) in [7, 11) is 0. The van der Waals surface area contributed by atoms with E-state index in [0.717, 1.165) is 5.39 Å². The van der Waals surface area contributed by atoms with E-state index in [-0.39, 0.29) is 17.7 Å². The first-order chi connectivity index (χ1) is 10.9. The summed E-state index contributed by atoms with van der Waals surface area (Å²) in [6, 6.07) is 9.02. The first-order valence-electron chi connectivity index (χ1n) is 6.71. The molecule has 2 aromatic heterocycles. The molecule has 0 aliphatic carbocycles. The molecule has 3 aromatic rings. The molecule has 0 saturated carbocycles. The highest BCUT2D eigenvalue weighted by Gasteiger charge is 2.31. The Labute approximate surface area is 128 Å². The summed E-state index contributed by atoms with van der Waals surface area (Å²) < 4.78 is 40.7. The highest BCUT2D eigenvalue weighted by Crippen LogP contribution is 2.24. The van der Waals surface area contributed by atoms with E-state index in [9.17, 15) is 18.0 Å². The molecule has 0 amide bonds. The smallest absolute Gasteiger partial charge is 0.406 e. The quantitative estimate of drug-likeness (QED) is 0.804. The molecule has 1 N–H and O–H groups in total. The van der Waals surface area contributed by atoms with Crippen molar-refractivity contribution in [2.24, 2.45) is 0 Å². The van der Waals surface area contributed by atoms with E-state index in [1.54, 1.807) is 24.4 Å². The fourth-order valence-electron chi connectivity index (χ4n) is 2.30. The van der Waals surface area contributed by atoms with Crippen molar-refractivity contribution in [3.8, 4) is 5.75 Å². The van der Waals surface area contributed by atoms with Crippen molar-refractivity contribution in [2.75, 3.05) is 0 Å². The number of nitrogens with one attached hydrogen (secondary N) is 1. The van der Waals surface area contributed by atoms with Gasteiger partial charge in [0.25, 0.3) is 5.56 Å². The van der Waals surface area contributed by atoms with Gasteiger partial charge in [-0.3, -0.25) is 9.78 Å². The summed E-state index contributed by atoms with van der Waals surface area (Å²) in [5, 5.41) is 0.803. The Hall–Kier alpha value is -2.83. The van der Waals surface area contributed by atoms with Crippen LogP contribution < -0.4 is 10.3 Å². The number of nitrogens with zero attached hydrogens (tertiary/aromatic N) is 1. The van der Waals surface area contributed by atoms with Gasteiger partial charge in [-0.2, -0.15) is 0 Å². The largest absolute Gasteiger partial charge is 0.573 e. The summed E-state index contributed by atoms with van der Waals surface area (Å²) in [5.41, 5.74) is 1.31. The second-order valence-corrected chi connectivity index (χ2v) is 4.96. The van der Waals surface area contributed by atoms with Gasteiger partial charge in [0.1, 0.15) is 5.75 Å². The summed E-state index contributed by atoms with van der Waals surface area (Å²) in [5.74, 6) is -0.309. The summed E-state index contributed by atoms with van der Waals surface area (Å²) in [4.78, 5) is 18.7. The molecule has 0 spiro atoms. The van der Waals surface area contributed by atoms with E-state index in [1.807, 2.05) is 0 Å². The van der Waals surface area contributed by atoms with Crippen LogP contribution in [0.2, 0.25) is 0 Å². The van der Waals surface area contributed by atoms with E-state index in [4.69, 9.17) is 0 Å². The number of alkyl halides is 3. The minimum atomic E-state index is -4.74. The molecule has 0 bridgehead atoms. The number of rotatable bonds is 3. The fraction of sp³-hybridized carbons (Fsp3) is 0.125. The molecule has 0 radical (unpaired) electrons. The minimum absolute atomic E-state index is 0.197. The zero-order valence-electron chi connectivity index (χ0n) is 11.7. The van der Waals surface area contributed by atoms with Crippen molar-refractivity contribution in [3.05, 3.63) is 70.3 Å². The van der Waals surface area contributed by atoms with E-state index >= 15 is 0 Å². The SMILES string of the molecule is O=c1[nH]c2cnccc2cc1Cc1cccc(OC(F)(F)F)c1. The molecular formula is C16H11F3N2O2. The number of hydrogen-bond acceptors (Lipinski definition) is 3. The van der Waals surface area contributed by atoms with Gasteiger partial charge < -0.3 is 9.72 Å². The van der Waals surface area contributed by atoms with Gasteiger partial charge in [0.2, 0.25) is 0 Å². The van der Waals surface area contributed by atoms with Crippen LogP contribution >= 0.6 is 0 Å². The molecule has 0 atom stereocenters. The van der Waals surface area contributed by atoms with E-state index in [1.165, 1.54) is 24.4 Å². The monoisotopic (exact) mass is 320 g/mol. The van der Waals surface area contributed by atoms with Gasteiger partial charge in [-0.1, -0.05) is 12.1 Å². The third-order valence-electron chi connectivity index (χ3n) is 3.25. The van der Waals surface area contributed by atoms with Gasteiger partial charge in [0.15, 0.2) is 0 Å². The van der Waals surface area contributed by atoms with Gasteiger partial charge in [-0.25, -0.2) is 0 Å². The summed E-state index contributed by atoms with van der Waals surface area (Å²) in [6.45, 7) is 0. The lowest BCUT2D eigenvalue weighted by Gasteiger charge is -2.10. The molecule has 7 heteroatoms. The number of fused-ring (bicyclic) bond motifs is 1. The average Bonchev–Trinajstić information content (AvgIpc) is 2.46. The number of halogens is 3. The van der Waals surface area contributed by atoms with Gasteiger partial charge in [0.05, 0.1) is 11.7 Å². The first-order valence-corrected chi connectivity index (χ1v) is 6.71. The zero-order chi connectivity index (χ0) is 16.4. The average molecular weight is 320 g/mol. The molecule has 3 rings (SSSR count). The van der Waals surface area contributed by atoms with Crippen LogP contribution in [0.3, 0.4) is 0 Å². The van der Waals surface area contributed by atoms with Crippen LogP contribution in [0.5, 0.6) is 5.75 Å². The Bertz CT molecular complexity index is 903. The van der Waals surface area contributed by atoms with Crippen LogP contribution in [0.15, 0.2) is 53.6 Å². The predicted molar refractivity (Wildman–Crippen MR) is 78.3 cm³/mol. The van der Waals surface area contributed by atoms with E-state index < -0.39 is 6.36 Å². The lowest BCUT2D eigenvalue weighted by atomic mass is 10.0. The molecule has 4 nitrogen and oxygen atoms in total. The highest BCUT2D eigenvalue weighted by atomic mass is 19.4. The molecule has 0 saturated heterocycles. The normalized spacial score (nSPS) is 11.6. The second-order valence-electron chi connectivity index (χ2n) is 4.96. The zero-order valence-corrected chi connectivity index (χ0v) is 11.7. The maximum absolute atomic E-state index is 12.3. The van der Waals surface area contributed by atoms with Gasteiger partial charge in [-0.05, 0) is 29.8 Å².